The number of ether oxygens (including phenoxy) is 1. The first-order chi connectivity index (χ1) is 19.1. The van der Waals surface area contributed by atoms with Crippen LogP contribution in [0.1, 0.15) is 18.5 Å². The molecule has 0 bridgehead atoms. The predicted octanol–water partition coefficient (Wildman–Crippen LogP) is 4.56. The Hall–Kier alpha value is -4.63. The summed E-state index contributed by atoms with van der Waals surface area (Å²) >= 11 is 0. The summed E-state index contributed by atoms with van der Waals surface area (Å²) < 4.78 is 5.30. The van der Waals surface area contributed by atoms with Gasteiger partial charge < -0.3 is 4.74 Å². The van der Waals surface area contributed by atoms with Gasteiger partial charge in [-0.25, -0.2) is 19.7 Å². The van der Waals surface area contributed by atoms with Gasteiger partial charge in [0, 0.05) is 31.9 Å². The summed E-state index contributed by atoms with van der Waals surface area (Å²) in [7, 11) is 1.51. The number of imide groups is 1. The van der Waals surface area contributed by atoms with E-state index in [9.17, 15) is 9.59 Å². The fourth-order valence-corrected chi connectivity index (χ4v) is 5.46. The van der Waals surface area contributed by atoms with Gasteiger partial charge in [0.1, 0.15) is 17.7 Å². The monoisotopic (exact) mass is 520 g/mol. The number of aromatic nitrogens is 3. The summed E-state index contributed by atoms with van der Waals surface area (Å²) in [5.41, 5.74) is 2.51. The van der Waals surface area contributed by atoms with Crippen molar-refractivity contribution in [2.75, 3.05) is 30.0 Å². The van der Waals surface area contributed by atoms with Crippen LogP contribution in [0.3, 0.4) is 0 Å². The number of carbonyl (C=O) groups is 2. The van der Waals surface area contributed by atoms with Crippen LogP contribution in [-0.2, 0) is 11.3 Å². The highest BCUT2D eigenvalue weighted by Crippen LogP contribution is 2.42. The molecule has 0 unspecified atom stereocenters. The van der Waals surface area contributed by atoms with Gasteiger partial charge in [-0.2, -0.15) is 0 Å². The van der Waals surface area contributed by atoms with E-state index in [-0.39, 0.29) is 5.91 Å². The van der Waals surface area contributed by atoms with E-state index in [1.54, 1.807) is 17.2 Å². The van der Waals surface area contributed by atoms with Crippen LogP contribution in [0.5, 0.6) is 5.88 Å². The van der Waals surface area contributed by atoms with E-state index in [1.807, 2.05) is 72.8 Å². The first kappa shape index (κ1) is 24.7. The first-order valence-electron chi connectivity index (χ1n) is 12.9. The van der Waals surface area contributed by atoms with Gasteiger partial charge in [0.25, 0.3) is 5.91 Å². The van der Waals surface area contributed by atoms with Crippen molar-refractivity contribution in [1.82, 2.24) is 19.9 Å². The lowest BCUT2D eigenvalue weighted by molar-refractivity contribution is -0.123. The highest BCUT2D eigenvalue weighted by Gasteiger charge is 2.59. The third-order valence-corrected chi connectivity index (χ3v) is 7.51. The number of amides is 3. The van der Waals surface area contributed by atoms with Gasteiger partial charge in [-0.3, -0.25) is 19.6 Å². The number of carbonyl (C=O) groups excluding carboxylic acids is 2. The number of methoxy groups -OCH3 is 1. The van der Waals surface area contributed by atoms with Gasteiger partial charge in [0.2, 0.25) is 5.88 Å². The number of urea groups is 1. The highest BCUT2D eigenvalue weighted by atomic mass is 16.5. The SMILES string of the molecule is COc1cc(N2C(=O)N(c3ccc(-c4ccccc4)cc3)C(=O)C23CCN(Cc2ccccn2)CC3)ncn1. The van der Waals surface area contributed by atoms with Crippen molar-refractivity contribution in [2.24, 2.45) is 0 Å². The van der Waals surface area contributed by atoms with Gasteiger partial charge in [-0.05, 0) is 48.2 Å². The lowest BCUT2D eigenvalue weighted by Gasteiger charge is -2.41. The van der Waals surface area contributed by atoms with Gasteiger partial charge in [-0.15, -0.1) is 0 Å². The molecule has 4 aromatic rings. The fraction of sp³-hybridized carbons (Fsp3) is 0.233. The van der Waals surface area contributed by atoms with Crippen molar-refractivity contribution >= 4 is 23.4 Å². The number of rotatable bonds is 6. The quantitative estimate of drug-likeness (QED) is 0.344. The predicted molar refractivity (Wildman–Crippen MR) is 147 cm³/mol. The Morgan fingerprint density at radius 2 is 1.56 bits per heavy atom. The summed E-state index contributed by atoms with van der Waals surface area (Å²) in [4.78, 5) is 46.3. The molecule has 0 atom stereocenters. The van der Waals surface area contributed by atoms with Crippen LogP contribution in [-0.4, -0.2) is 57.5 Å². The molecule has 6 rings (SSSR count). The van der Waals surface area contributed by atoms with Gasteiger partial charge in [-0.1, -0.05) is 48.5 Å². The second-order valence-electron chi connectivity index (χ2n) is 9.72. The normalized spacial score (nSPS) is 17.2. The number of piperidine rings is 1. The molecule has 3 amide bonds. The second kappa shape index (κ2) is 10.3. The molecule has 9 heteroatoms. The van der Waals surface area contributed by atoms with Crippen LogP contribution in [0.2, 0.25) is 0 Å². The molecule has 2 fully saturated rings. The van der Waals surface area contributed by atoms with Crippen LogP contribution < -0.4 is 14.5 Å². The fourth-order valence-electron chi connectivity index (χ4n) is 5.46. The molecule has 2 aromatic heterocycles. The lowest BCUT2D eigenvalue weighted by Crippen LogP contribution is -2.57. The van der Waals surface area contributed by atoms with E-state index in [4.69, 9.17) is 4.74 Å². The molecule has 2 aliphatic rings. The van der Waals surface area contributed by atoms with Crippen LogP contribution in [0.15, 0.2) is 91.4 Å². The number of likely N-dealkylation sites (tertiary alicyclic amines) is 1. The number of hydrogen-bond acceptors (Lipinski definition) is 7. The van der Waals surface area contributed by atoms with E-state index in [0.717, 1.165) is 16.8 Å². The third-order valence-electron chi connectivity index (χ3n) is 7.51. The average Bonchev–Trinajstić information content (AvgIpc) is 3.20. The smallest absolute Gasteiger partial charge is 0.338 e. The molecule has 0 aliphatic carbocycles. The van der Waals surface area contributed by atoms with E-state index < -0.39 is 11.6 Å². The molecular formula is C30H28N6O3. The molecule has 196 valence electrons. The molecule has 2 aromatic carbocycles. The average molecular weight is 521 g/mol. The Balaban J connectivity index is 1.33. The number of benzene rings is 2. The lowest BCUT2D eigenvalue weighted by atomic mass is 9.85. The third kappa shape index (κ3) is 4.51. The zero-order chi connectivity index (χ0) is 26.8. The van der Waals surface area contributed by atoms with Crippen molar-refractivity contribution < 1.29 is 14.3 Å². The second-order valence-corrected chi connectivity index (χ2v) is 9.72. The number of hydrogen-bond donors (Lipinski definition) is 0. The largest absolute Gasteiger partial charge is 0.481 e. The minimum Gasteiger partial charge on any atom is -0.481 e. The summed E-state index contributed by atoms with van der Waals surface area (Å²) in [5, 5.41) is 0. The highest BCUT2D eigenvalue weighted by molar-refractivity contribution is 6.30. The van der Waals surface area contributed by atoms with E-state index in [2.05, 4.69) is 19.9 Å². The molecule has 4 heterocycles. The maximum absolute atomic E-state index is 14.2. The topological polar surface area (TPSA) is 91.8 Å². The zero-order valence-electron chi connectivity index (χ0n) is 21.6. The van der Waals surface area contributed by atoms with Crippen molar-refractivity contribution in [3.63, 3.8) is 0 Å². The van der Waals surface area contributed by atoms with E-state index in [1.165, 1.54) is 18.3 Å². The summed E-state index contributed by atoms with van der Waals surface area (Å²) in [6.07, 6.45) is 4.07. The molecule has 39 heavy (non-hydrogen) atoms. The van der Waals surface area contributed by atoms with Crippen molar-refractivity contribution in [3.05, 3.63) is 97.1 Å². The van der Waals surface area contributed by atoms with Crippen molar-refractivity contribution in [1.29, 1.82) is 0 Å². The van der Waals surface area contributed by atoms with Gasteiger partial charge in [0.05, 0.1) is 18.5 Å². The number of anilines is 2. The minimum atomic E-state index is -1.06. The molecule has 2 aliphatic heterocycles. The molecule has 2 saturated heterocycles. The molecule has 9 nitrogen and oxygen atoms in total. The maximum Gasteiger partial charge on any atom is 0.338 e. The van der Waals surface area contributed by atoms with Gasteiger partial charge >= 0.3 is 6.03 Å². The van der Waals surface area contributed by atoms with Crippen LogP contribution in [0.4, 0.5) is 16.3 Å². The maximum atomic E-state index is 14.2. The molecular weight excluding hydrogens is 492 g/mol. The number of pyridine rings is 1. The van der Waals surface area contributed by atoms with Crippen molar-refractivity contribution in [2.45, 2.75) is 24.9 Å². The van der Waals surface area contributed by atoms with Crippen LogP contribution in [0.25, 0.3) is 11.1 Å². The molecule has 0 N–H and O–H groups in total. The summed E-state index contributed by atoms with van der Waals surface area (Å²) in [5.74, 6) is 0.436. The van der Waals surface area contributed by atoms with E-state index >= 15 is 0 Å². The van der Waals surface area contributed by atoms with Crippen molar-refractivity contribution in [3.8, 4) is 17.0 Å². The first-order valence-corrected chi connectivity index (χ1v) is 12.9. The Morgan fingerprint density at radius 3 is 2.26 bits per heavy atom. The molecule has 1 spiro atoms. The molecule has 0 saturated carbocycles. The zero-order valence-corrected chi connectivity index (χ0v) is 21.6. The Morgan fingerprint density at radius 1 is 0.846 bits per heavy atom. The molecule has 0 radical (unpaired) electrons. The van der Waals surface area contributed by atoms with Gasteiger partial charge in [0.15, 0.2) is 0 Å². The standard InChI is InChI=1S/C30H28N6O3/c1-39-27-19-26(32-21-33-27)36-29(38)35(25-12-10-23(11-13-25)22-7-3-2-4-8-22)28(37)30(36)14-17-34(18-15-30)20-24-9-5-6-16-31-24/h2-13,16,19,21H,14-15,17-18,20H2,1H3. The summed E-state index contributed by atoms with van der Waals surface area (Å²) in [6, 6.07) is 24.5. The van der Waals surface area contributed by atoms with Crippen LogP contribution >= 0.6 is 0 Å². The Kier molecular flexibility index (Phi) is 6.50. The number of nitrogens with zero attached hydrogens (tertiary/aromatic N) is 6. The minimum absolute atomic E-state index is 0.241. The van der Waals surface area contributed by atoms with Crippen LogP contribution in [0, 0.1) is 0 Å². The summed E-state index contributed by atoms with van der Waals surface area (Å²) in [6.45, 7) is 1.95. The van der Waals surface area contributed by atoms with E-state index in [0.29, 0.717) is 49.9 Å². The Labute approximate surface area is 226 Å². The Bertz CT molecular complexity index is 1470.